The fourth-order valence-corrected chi connectivity index (χ4v) is 1.93. The highest BCUT2D eigenvalue weighted by atomic mass is 16.5. The molecule has 0 saturated heterocycles. The van der Waals surface area contributed by atoms with Gasteiger partial charge in [0, 0.05) is 0 Å². The van der Waals surface area contributed by atoms with Crippen molar-refractivity contribution in [2.45, 2.75) is 78.4 Å². The van der Waals surface area contributed by atoms with Crippen molar-refractivity contribution in [2.24, 2.45) is 0 Å². The van der Waals surface area contributed by atoms with Gasteiger partial charge in [0.05, 0.1) is 11.9 Å². The van der Waals surface area contributed by atoms with Crippen LogP contribution in [0.1, 0.15) is 67.2 Å². The van der Waals surface area contributed by atoms with E-state index in [-0.39, 0.29) is 0 Å². The molecule has 2 atom stereocenters. The lowest BCUT2D eigenvalue weighted by Crippen LogP contribution is -2.25. The third-order valence-electron chi connectivity index (χ3n) is 3.59. The maximum Gasteiger partial charge on any atom is 0.123 e. The molecule has 0 saturated carbocycles. The molecule has 0 amide bonds. The lowest BCUT2D eigenvalue weighted by Gasteiger charge is -2.26. The molecule has 0 radical (unpaired) electrons. The first kappa shape index (κ1) is 20.7. The normalized spacial score (nSPS) is 16.5. The molecule has 0 aliphatic heterocycles. The van der Waals surface area contributed by atoms with Gasteiger partial charge < -0.3 is 9.84 Å². The molecule has 0 aromatic carbocycles. The van der Waals surface area contributed by atoms with Crippen molar-refractivity contribution in [3.05, 3.63) is 48.3 Å². The molecule has 2 unspecified atom stereocenters. The van der Waals surface area contributed by atoms with E-state index in [1.165, 1.54) is 11.1 Å². The summed E-state index contributed by atoms with van der Waals surface area (Å²) >= 11 is 0. The van der Waals surface area contributed by atoms with Crippen molar-refractivity contribution in [3.8, 4) is 0 Å². The van der Waals surface area contributed by atoms with Gasteiger partial charge in [0.15, 0.2) is 0 Å². The van der Waals surface area contributed by atoms with Crippen LogP contribution in [0.5, 0.6) is 0 Å². The Bertz CT molecular complexity index is 419. The van der Waals surface area contributed by atoms with Crippen molar-refractivity contribution in [1.82, 2.24) is 0 Å². The second-order valence-corrected chi connectivity index (χ2v) is 6.93. The lowest BCUT2D eigenvalue weighted by molar-refractivity contribution is 0.0646. The second kappa shape index (κ2) is 9.68. The number of hydrogen-bond donors (Lipinski definition) is 1. The Balaban J connectivity index is 4.48. The lowest BCUT2D eigenvalue weighted by atomic mass is 9.98. The van der Waals surface area contributed by atoms with Crippen LogP contribution in [0.15, 0.2) is 48.3 Å². The van der Waals surface area contributed by atoms with E-state index in [9.17, 15) is 5.11 Å². The van der Waals surface area contributed by atoms with Crippen LogP contribution in [-0.2, 0) is 4.74 Å². The molecule has 126 valence electrons. The first-order valence-electron chi connectivity index (χ1n) is 8.08. The van der Waals surface area contributed by atoms with Gasteiger partial charge in [-0.25, -0.2) is 0 Å². The zero-order valence-corrected chi connectivity index (χ0v) is 15.3. The number of ether oxygens (including phenoxy) is 1. The Kier molecular flexibility index (Phi) is 9.12. The first-order valence-corrected chi connectivity index (χ1v) is 8.08. The maximum atomic E-state index is 10.3. The molecule has 0 heterocycles. The summed E-state index contributed by atoms with van der Waals surface area (Å²) in [7, 11) is 0. The van der Waals surface area contributed by atoms with Crippen molar-refractivity contribution in [2.75, 3.05) is 0 Å². The van der Waals surface area contributed by atoms with E-state index >= 15 is 0 Å². The molecule has 0 bridgehead atoms. The molecule has 0 rings (SSSR count). The number of aliphatic hydroxyl groups is 1. The largest absolute Gasteiger partial charge is 0.491 e. The van der Waals surface area contributed by atoms with Gasteiger partial charge in [-0.3, -0.25) is 0 Å². The molecular formula is C20H34O2. The summed E-state index contributed by atoms with van der Waals surface area (Å²) in [5.74, 6) is 0. The zero-order valence-electron chi connectivity index (χ0n) is 15.3. The SMILES string of the molecule is C=CC(C)(CCC=C(C)C)OC=CC(C)(O)CCC=C(C)C. The Morgan fingerprint density at radius 2 is 1.50 bits per heavy atom. The number of rotatable bonds is 10. The average molecular weight is 306 g/mol. The minimum absolute atomic E-state index is 0.404. The van der Waals surface area contributed by atoms with Gasteiger partial charge in [0.25, 0.3) is 0 Å². The predicted molar refractivity (Wildman–Crippen MR) is 96.8 cm³/mol. The first-order chi connectivity index (χ1) is 10.1. The zero-order chi connectivity index (χ0) is 17.2. The molecule has 2 heteroatoms. The Morgan fingerprint density at radius 3 is 1.95 bits per heavy atom. The van der Waals surface area contributed by atoms with Crippen molar-refractivity contribution >= 4 is 0 Å². The third kappa shape index (κ3) is 10.4. The molecular weight excluding hydrogens is 272 g/mol. The van der Waals surface area contributed by atoms with Gasteiger partial charge in [-0.05, 0) is 79.4 Å². The Morgan fingerprint density at radius 1 is 1.00 bits per heavy atom. The van der Waals surface area contributed by atoms with E-state index in [0.717, 1.165) is 19.3 Å². The third-order valence-corrected chi connectivity index (χ3v) is 3.59. The highest BCUT2D eigenvalue weighted by molar-refractivity contribution is 5.03. The predicted octanol–water partition coefficient (Wildman–Crippen LogP) is 5.71. The van der Waals surface area contributed by atoms with Gasteiger partial charge in [-0.2, -0.15) is 0 Å². The van der Waals surface area contributed by atoms with E-state index in [1.807, 2.05) is 13.0 Å². The van der Waals surface area contributed by atoms with Crippen molar-refractivity contribution in [1.29, 1.82) is 0 Å². The van der Waals surface area contributed by atoms with E-state index in [1.54, 1.807) is 19.3 Å². The van der Waals surface area contributed by atoms with E-state index in [0.29, 0.717) is 6.42 Å². The second-order valence-electron chi connectivity index (χ2n) is 6.93. The van der Waals surface area contributed by atoms with E-state index in [4.69, 9.17) is 4.74 Å². The van der Waals surface area contributed by atoms with Gasteiger partial charge in [-0.1, -0.05) is 29.9 Å². The molecule has 0 aromatic rings. The van der Waals surface area contributed by atoms with Gasteiger partial charge in [0.1, 0.15) is 5.60 Å². The van der Waals surface area contributed by atoms with Crippen molar-refractivity contribution in [3.63, 3.8) is 0 Å². The fraction of sp³-hybridized carbons (Fsp3) is 0.600. The average Bonchev–Trinajstić information content (AvgIpc) is 2.37. The van der Waals surface area contributed by atoms with Crippen LogP contribution in [0, 0.1) is 0 Å². The topological polar surface area (TPSA) is 29.5 Å². The van der Waals surface area contributed by atoms with Crippen LogP contribution in [-0.4, -0.2) is 16.3 Å². The summed E-state index contributed by atoms with van der Waals surface area (Å²) in [6, 6.07) is 0. The van der Waals surface area contributed by atoms with Crippen LogP contribution in [0.4, 0.5) is 0 Å². The molecule has 0 spiro atoms. The fourth-order valence-electron chi connectivity index (χ4n) is 1.93. The molecule has 0 aromatic heterocycles. The number of allylic oxidation sites excluding steroid dienone is 4. The van der Waals surface area contributed by atoms with Gasteiger partial charge >= 0.3 is 0 Å². The summed E-state index contributed by atoms with van der Waals surface area (Å²) in [5, 5.41) is 10.3. The molecule has 2 nitrogen and oxygen atoms in total. The van der Waals surface area contributed by atoms with E-state index < -0.39 is 11.2 Å². The maximum absolute atomic E-state index is 10.3. The van der Waals surface area contributed by atoms with Crippen LogP contribution in [0.2, 0.25) is 0 Å². The monoisotopic (exact) mass is 306 g/mol. The van der Waals surface area contributed by atoms with Crippen molar-refractivity contribution < 1.29 is 9.84 Å². The number of hydrogen-bond acceptors (Lipinski definition) is 2. The smallest absolute Gasteiger partial charge is 0.123 e. The Labute approximate surface area is 137 Å². The highest BCUT2D eigenvalue weighted by Gasteiger charge is 2.21. The van der Waals surface area contributed by atoms with Crippen LogP contribution in [0.3, 0.4) is 0 Å². The Hall–Kier alpha value is -1.28. The quantitative estimate of drug-likeness (QED) is 0.414. The standard InChI is InChI=1S/C20H34O2/c1-8-20(7,14-10-12-18(4)5)22-16-15-19(6,21)13-9-11-17(2)3/h8,11-12,15-16,21H,1,9-10,13-14H2,2-7H3. The van der Waals surface area contributed by atoms with Crippen LogP contribution < -0.4 is 0 Å². The van der Waals surface area contributed by atoms with Gasteiger partial charge in [0.2, 0.25) is 0 Å². The summed E-state index contributed by atoms with van der Waals surface area (Å²) in [5.41, 5.74) is 1.32. The molecule has 1 N–H and O–H groups in total. The summed E-state index contributed by atoms with van der Waals surface area (Å²) in [6.07, 6.45) is 12.9. The summed E-state index contributed by atoms with van der Waals surface area (Å²) in [6.45, 7) is 16.0. The van der Waals surface area contributed by atoms with Crippen LogP contribution >= 0.6 is 0 Å². The molecule has 0 fully saturated rings. The molecule has 22 heavy (non-hydrogen) atoms. The minimum Gasteiger partial charge on any atom is -0.491 e. The highest BCUT2D eigenvalue weighted by Crippen LogP contribution is 2.22. The minimum atomic E-state index is -0.853. The van der Waals surface area contributed by atoms with Crippen LogP contribution in [0.25, 0.3) is 0 Å². The summed E-state index contributed by atoms with van der Waals surface area (Å²) in [4.78, 5) is 0. The molecule has 0 aliphatic rings. The van der Waals surface area contributed by atoms with Gasteiger partial charge in [-0.15, -0.1) is 0 Å². The molecule has 0 aliphatic carbocycles. The summed E-state index contributed by atoms with van der Waals surface area (Å²) < 4.78 is 5.82. The van der Waals surface area contributed by atoms with E-state index in [2.05, 4.69) is 46.4 Å².